The van der Waals surface area contributed by atoms with E-state index in [-0.39, 0.29) is 22.3 Å². The average molecular weight is 470 g/mol. The molecule has 1 atom stereocenters. The number of fused-ring (bicyclic) bond motifs is 1. The summed E-state index contributed by atoms with van der Waals surface area (Å²) in [5, 5.41) is 0.259. The SMILES string of the molecule is CC(C)(C)OC(=O)N1CC=C(c2cccc3c2OC(C)(c2ccc(Cl)cc2F)C3=C=O)CC1. The van der Waals surface area contributed by atoms with E-state index in [2.05, 4.69) is 0 Å². The Morgan fingerprint density at radius 2 is 1.97 bits per heavy atom. The third-order valence-electron chi connectivity index (χ3n) is 5.82. The highest BCUT2D eigenvalue weighted by Gasteiger charge is 2.46. The van der Waals surface area contributed by atoms with Gasteiger partial charge >= 0.3 is 6.09 Å². The summed E-state index contributed by atoms with van der Waals surface area (Å²) in [7, 11) is 0. The fraction of sp³-hybridized carbons (Fsp3) is 0.346. The molecule has 2 aliphatic rings. The van der Waals surface area contributed by atoms with Crippen LogP contribution in [-0.4, -0.2) is 35.6 Å². The molecule has 0 saturated heterocycles. The largest absolute Gasteiger partial charge is 0.476 e. The van der Waals surface area contributed by atoms with Gasteiger partial charge < -0.3 is 14.4 Å². The van der Waals surface area contributed by atoms with Crippen molar-refractivity contribution in [3.8, 4) is 5.75 Å². The molecular weight excluding hydrogens is 445 g/mol. The number of carbonyl (C=O) groups excluding carboxylic acids is 2. The number of para-hydroxylation sites is 1. The Hall–Kier alpha value is -3.08. The van der Waals surface area contributed by atoms with Crippen molar-refractivity contribution < 1.29 is 23.5 Å². The van der Waals surface area contributed by atoms with Gasteiger partial charge in [0.2, 0.25) is 0 Å². The molecule has 0 spiro atoms. The van der Waals surface area contributed by atoms with Crippen LogP contribution in [0.25, 0.3) is 11.1 Å². The smallest absolute Gasteiger partial charge is 0.410 e. The molecular formula is C26H25ClFNO4. The maximum atomic E-state index is 14.8. The Balaban J connectivity index is 1.67. The van der Waals surface area contributed by atoms with Crippen LogP contribution in [0.15, 0.2) is 42.5 Å². The fourth-order valence-electron chi connectivity index (χ4n) is 4.23. The van der Waals surface area contributed by atoms with Gasteiger partial charge in [0, 0.05) is 34.8 Å². The van der Waals surface area contributed by atoms with Crippen molar-refractivity contribution in [2.24, 2.45) is 0 Å². The summed E-state index contributed by atoms with van der Waals surface area (Å²) < 4.78 is 26.6. The van der Waals surface area contributed by atoms with Gasteiger partial charge in [-0.15, -0.1) is 0 Å². The number of nitrogens with zero attached hydrogens (tertiary/aromatic N) is 1. The van der Waals surface area contributed by atoms with E-state index in [4.69, 9.17) is 21.1 Å². The van der Waals surface area contributed by atoms with Gasteiger partial charge in [0.05, 0.1) is 5.57 Å². The molecule has 0 aromatic heterocycles. The zero-order valence-corrected chi connectivity index (χ0v) is 19.8. The Bertz CT molecular complexity index is 1210. The maximum absolute atomic E-state index is 14.8. The predicted molar refractivity (Wildman–Crippen MR) is 125 cm³/mol. The van der Waals surface area contributed by atoms with Gasteiger partial charge in [-0.25, -0.2) is 14.0 Å². The zero-order chi connectivity index (χ0) is 24.0. The van der Waals surface area contributed by atoms with Crippen molar-refractivity contribution in [2.75, 3.05) is 13.1 Å². The summed E-state index contributed by atoms with van der Waals surface area (Å²) in [4.78, 5) is 26.0. The lowest BCUT2D eigenvalue weighted by Gasteiger charge is -2.30. The summed E-state index contributed by atoms with van der Waals surface area (Å²) in [5.74, 6) is 1.92. The standard InChI is InChI=1S/C26H25ClFNO4/c1-25(2,3)33-24(31)29-12-10-16(11-13-29)18-6-5-7-19-21(15-30)26(4,32-23(18)19)20-9-8-17(27)14-22(20)28/h5-10,14H,11-13H2,1-4H3. The Morgan fingerprint density at radius 3 is 2.58 bits per heavy atom. The van der Waals surface area contributed by atoms with E-state index in [0.29, 0.717) is 30.8 Å². The van der Waals surface area contributed by atoms with Gasteiger partial charge in [-0.1, -0.05) is 41.9 Å². The molecule has 0 radical (unpaired) electrons. The molecule has 0 aliphatic carbocycles. The highest BCUT2D eigenvalue weighted by Crippen LogP contribution is 2.52. The number of ether oxygens (including phenoxy) is 2. The first kappa shape index (κ1) is 23.1. The summed E-state index contributed by atoms with van der Waals surface area (Å²) in [6.45, 7) is 8.04. The topological polar surface area (TPSA) is 55.8 Å². The van der Waals surface area contributed by atoms with E-state index in [9.17, 15) is 14.0 Å². The second-order valence-corrected chi connectivity index (χ2v) is 9.76. The number of rotatable bonds is 2. The van der Waals surface area contributed by atoms with Gasteiger partial charge in [0.15, 0.2) is 5.60 Å². The first-order chi connectivity index (χ1) is 15.5. The van der Waals surface area contributed by atoms with Gasteiger partial charge in [-0.2, -0.15) is 0 Å². The van der Waals surface area contributed by atoms with E-state index in [1.54, 1.807) is 24.0 Å². The normalized spacial score (nSPS) is 20.0. The Morgan fingerprint density at radius 1 is 1.24 bits per heavy atom. The molecule has 2 aromatic carbocycles. The molecule has 1 amide bonds. The second kappa shape index (κ2) is 8.36. The number of carbonyl (C=O) groups is 1. The lowest BCUT2D eigenvalue weighted by atomic mass is 9.85. The van der Waals surface area contributed by atoms with E-state index in [0.717, 1.165) is 11.1 Å². The molecule has 2 aromatic rings. The van der Waals surface area contributed by atoms with Crippen molar-refractivity contribution in [3.05, 3.63) is 70.0 Å². The first-order valence-corrected chi connectivity index (χ1v) is 11.1. The average Bonchev–Trinajstić information content (AvgIpc) is 3.04. The highest BCUT2D eigenvalue weighted by atomic mass is 35.5. The molecule has 2 heterocycles. The summed E-state index contributed by atoms with van der Waals surface area (Å²) in [6, 6.07) is 9.80. The third-order valence-corrected chi connectivity index (χ3v) is 6.06. The van der Waals surface area contributed by atoms with Crippen molar-refractivity contribution >= 4 is 34.8 Å². The lowest BCUT2D eigenvalue weighted by Crippen LogP contribution is -2.39. The molecule has 2 aliphatic heterocycles. The fourth-order valence-corrected chi connectivity index (χ4v) is 4.39. The molecule has 0 saturated carbocycles. The predicted octanol–water partition coefficient (Wildman–Crippen LogP) is 6.03. The third kappa shape index (κ3) is 4.29. The van der Waals surface area contributed by atoms with Crippen LogP contribution in [0.4, 0.5) is 9.18 Å². The molecule has 1 unspecified atom stereocenters. The van der Waals surface area contributed by atoms with Crippen molar-refractivity contribution in [1.29, 1.82) is 0 Å². The van der Waals surface area contributed by atoms with E-state index < -0.39 is 17.0 Å². The van der Waals surface area contributed by atoms with E-state index >= 15 is 0 Å². The molecule has 5 nitrogen and oxygen atoms in total. The number of amides is 1. The monoisotopic (exact) mass is 469 g/mol. The van der Waals surface area contributed by atoms with Crippen molar-refractivity contribution in [3.63, 3.8) is 0 Å². The molecule has 0 bridgehead atoms. The van der Waals surface area contributed by atoms with Crippen molar-refractivity contribution in [2.45, 2.75) is 45.3 Å². The quantitative estimate of drug-likeness (QED) is 0.504. The van der Waals surface area contributed by atoms with Crippen LogP contribution in [0.5, 0.6) is 5.75 Å². The molecule has 4 rings (SSSR count). The molecule has 7 heteroatoms. The minimum Gasteiger partial charge on any atom is -0.476 e. The van der Waals surface area contributed by atoms with Crippen LogP contribution in [0.3, 0.4) is 0 Å². The van der Waals surface area contributed by atoms with Gasteiger partial charge in [-0.3, -0.25) is 0 Å². The molecule has 33 heavy (non-hydrogen) atoms. The number of halogens is 2. The summed E-state index contributed by atoms with van der Waals surface area (Å²) in [5.41, 5.74) is 0.907. The molecule has 172 valence electrons. The molecule has 0 fully saturated rings. The van der Waals surface area contributed by atoms with Gasteiger partial charge in [0.1, 0.15) is 23.1 Å². The molecule has 0 N–H and O–H groups in total. The van der Waals surface area contributed by atoms with Crippen LogP contribution < -0.4 is 4.74 Å². The number of benzene rings is 2. The first-order valence-electron chi connectivity index (χ1n) is 10.7. The summed E-state index contributed by atoms with van der Waals surface area (Å²) in [6.07, 6.45) is 2.18. The van der Waals surface area contributed by atoms with Crippen LogP contribution in [0, 0.1) is 5.82 Å². The number of hydrogen-bond acceptors (Lipinski definition) is 4. The minimum atomic E-state index is -1.34. The highest BCUT2D eigenvalue weighted by molar-refractivity contribution is 6.30. The van der Waals surface area contributed by atoms with Gasteiger partial charge in [-0.05, 0) is 51.8 Å². The second-order valence-electron chi connectivity index (χ2n) is 9.32. The van der Waals surface area contributed by atoms with Crippen molar-refractivity contribution in [1.82, 2.24) is 4.90 Å². The number of hydrogen-bond donors (Lipinski definition) is 0. The van der Waals surface area contributed by atoms with Crippen LogP contribution in [-0.2, 0) is 15.1 Å². The van der Waals surface area contributed by atoms with Crippen LogP contribution in [0.1, 0.15) is 50.8 Å². The Labute approximate surface area is 197 Å². The zero-order valence-electron chi connectivity index (χ0n) is 19.0. The summed E-state index contributed by atoms with van der Waals surface area (Å²) >= 11 is 5.92. The van der Waals surface area contributed by atoms with Gasteiger partial charge in [0.25, 0.3) is 0 Å². The van der Waals surface area contributed by atoms with E-state index in [1.165, 1.54) is 12.1 Å². The Kier molecular flexibility index (Phi) is 5.85. The minimum absolute atomic E-state index is 0.209. The maximum Gasteiger partial charge on any atom is 0.410 e. The van der Waals surface area contributed by atoms with Crippen LogP contribution >= 0.6 is 11.6 Å². The lowest BCUT2D eigenvalue weighted by molar-refractivity contribution is 0.0270. The van der Waals surface area contributed by atoms with Crippen LogP contribution in [0.2, 0.25) is 5.02 Å². The van der Waals surface area contributed by atoms with E-state index in [1.807, 2.05) is 44.9 Å².